The summed E-state index contributed by atoms with van der Waals surface area (Å²) in [6.45, 7) is 8.14. The molecular weight excluding hydrogens is 622 g/mol. The van der Waals surface area contributed by atoms with Crippen LogP contribution in [0.2, 0.25) is 5.02 Å². The SMILES string of the molecule is Cc1cn2nc([C@@H]3CCCCN3C(=O)c3cc(Cl)ccc3NS(C)(=O)=O)cc2nc1N1CC(NC(=O)OC(C)(C)C)C[C@H]1CO. The van der Waals surface area contributed by atoms with Crippen LogP contribution in [-0.2, 0) is 14.8 Å². The number of fused-ring (bicyclic) bond motifs is 1. The van der Waals surface area contributed by atoms with Gasteiger partial charge in [-0.3, -0.25) is 9.52 Å². The lowest BCUT2D eigenvalue weighted by atomic mass is 9.98. The Labute approximate surface area is 267 Å². The van der Waals surface area contributed by atoms with Gasteiger partial charge in [-0.25, -0.2) is 22.7 Å². The lowest BCUT2D eigenvalue weighted by molar-refractivity contribution is 0.0506. The number of nitrogens with one attached hydrogen (secondary N) is 2. The number of sulfonamides is 1. The quantitative estimate of drug-likeness (QED) is 0.341. The second kappa shape index (κ2) is 12.6. The first-order valence-electron chi connectivity index (χ1n) is 14.9. The minimum absolute atomic E-state index is 0.109. The highest BCUT2D eigenvalue weighted by molar-refractivity contribution is 7.92. The number of alkyl carbamates (subject to hydrolysis) is 1. The highest BCUT2D eigenvalue weighted by atomic mass is 35.5. The van der Waals surface area contributed by atoms with Crippen LogP contribution in [0.15, 0.2) is 30.5 Å². The Kier molecular flexibility index (Phi) is 9.20. The van der Waals surface area contributed by atoms with Crippen LogP contribution in [0.5, 0.6) is 0 Å². The molecule has 2 aliphatic heterocycles. The van der Waals surface area contributed by atoms with Crippen molar-refractivity contribution in [2.75, 3.05) is 35.6 Å². The molecule has 2 aliphatic rings. The number of aliphatic hydroxyl groups excluding tert-OH is 1. The van der Waals surface area contributed by atoms with Crippen LogP contribution in [0.1, 0.15) is 74.1 Å². The zero-order chi connectivity index (χ0) is 32.7. The predicted molar refractivity (Wildman–Crippen MR) is 171 cm³/mol. The first kappa shape index (κ1) is 32.8. The standard InChI is InChI=1S/C30H40ClN7O6S/c1-18-15-38-26(33-27(18)37-16-20(13-21(37)17-39)32-29(41)44-30(2,3)4)14-24(34-38)25-8-6-7-11-36(25)28(40)22-12-19(31)9-10-23(22)35-45(5,42)43/h9-10,12,14-15,20-21,25,35,39H,6-8,11,13,16-17H2,1-5H3,(H,32,41)/t20?,21-,25-/m0/s1. The third-order valence-corrected chi connectivity index (χ3v) is 8.68. The average Bonchev–Trinajstić information content (AvgIpc) is 3.54. The predicted octanol–water partition coefficient (Wildman–Crippen LogP) is 3.89. The van der Waals surface area contributed by atoms with E-state index >= 15 is 0 Å². The van der Waals surface area contributed by atoms with Crippen molar-refractivity contribution in [2.24, 2.45) is 0 Å². The van der Waals surface area contributed by atoms with Gasteiger partial charge < -0.3 is 25.0 Å². The molecule has 244 valence electrons. The number of halogens is 1. The van der Waals surface area contributed by atoms with Crippen molar-refractivity contribution in [3.63, 3.8) is 0 Å². The van der Waals surface area contributed by atoms with Crippen LogP contribution < -0.4 is 14.9 Å². The Balaban J connectivity index is 1.41. The summed E-state index contributed by atoms with van der Waals surface area (Å²) in [4.78, 5) is 34.9. The number of aryl methyl sites for hydroxylation is 1. The number of anilines is 2. The third kappa shape index (κ3) is 7.61. The fourth-order valence-electron chi connectivity index (χ4n) is 6.02. The van der Waals surface area contributed by atoms with Crippen molar-refractivity contribution >= 4 is 50.8 Å². The summed E-state index contributed by atoms with van der Waals surface area (Å²) < 4.78 is 33.5. The van der Waals surface area contributed by atoms with E-state index in [4.69, 9.17) is 26.4 Å². The fourth-order valence-corrected chi connectivity index (χ4v) is 6.77. The molecular formula is C30H40ClN7O6S. The molecule has 2 amide bonds. The molecule has 0 saturated carbocycles. The van der Waals surface area contributed by atoms with Crippen molar-refractivity contribution in [2.45, 2.75) is 77.1 Å². The molecule has 0 spiro atoms. The van der Waals surface area contributed by atoms with Crippen LogP contribution in [0.3, 0.4) is 0 Å². The molecule has 5 rings (SSSR count). The Morgan fingerprint density at radius 2 is 1.96 bits per heavy atom. The average molecular weight is 662 g/mol. The molecule has 2 saturated heterocycles. The number of carbonyl (C=O) groups excluding carboxylic acids is 2. The van der Waals surface area contributed by atoms with Crippen LogP contribution in [0.25, 0.3) is 5.65 Å². The van der Waals surface area contributed by atoms with Gasteiger partial charge >= 0.3 is 6.09 Å². The maximum Gasteiger partial charge on any atom is 0.407 e. The maximum atomic E-state index is 13.9. The Morgan fingerprint density at radius 3 is 2.64 bits per heavy atom. The minimum Gasteiger partial charge on any atom is -0.444 e. The maximum absolute atomic E-state index is 13.9. The lowest BCUT2D eigenvalue weighted by Crippen LogP contribution is -2.40. The van der Waals surface area contributed by atoms with Gasteiger partial charge in [0.15, 0.2) is 5.65 Å². The van der Waals surface area contributed by atoms with E-state index in [0.717, 1.165) is 24.7 Å². The molecule has 4 heterocycles. The molecule has 2 aromatic heterocycles. The number of rotatable bonds is 7. The Hall–Kier alpha value is -3.62. The number of amides is 2. The van der Waals surface area contributed by atoms with E-state index in [-0.39, 0.29) is 41.9 Å². The Bertz CT molecular complexity index is 1710. The number of piperidine rings is 1. The largest absolute Gasteiger partial charge is 0.444 e. The number of ether oxygens (including phenoxy) is 1. The fraction of sp³-hybridized carbons (Fsp3) is 0.533. The molecule has 2 fully saturated rings. The molecule has 0 bridgehead atoms. The summed E-state index contributed by atoms with van der Waals surface area (Å²) in [6.07, 6.45) is 5.28. The van der Waals surface area contributed by atoms with E-state index in [9.17, 15) is 23.1 Å². The van der Waals surface area contributed by atoms with E-state index < -0.39 is 21.7 Å². The van der Waals surface area contributed by atoms with Crippen LogP contribution >= 0.6 is 11.6 Å². The van der Waals surface area contributed by atoms with E-state index in [1.165, 1.54) is 18.2 Å². The number of carbonyl (C=O) groups is 2. The van der Waals surface area contributed by atoms with Crippen molar-refractivity contribution in [1.29, 1.82) is 0 Å². The number of aromatic nitrogens is 3. The molecule has 15 heteroatoms. The summed E-state index contributed by atoms with van der Waals surface area (Å²) in [5, 5.41) is 18.2. The molecule has 3 N–H and O–H groups in total. The van der Waals surface area contributed by atoms with Gasteiger partial charge in [-0.2, -0.15) is 5.10 Å². The van der Waals surface area contributed by atoms with Crippen molar-refractivity contribution in [3.05, 3.63) is 52.3 Å². The van der Waals surface area contributed by atoms with Gasteiger partial charge in [0.05, 0.1) is 47.9 Å². The van der Waals surface area contributed by atoms with Crippen molar-refractivity contribution in [1.82, 2.24) is 24.8 Å². The molecule has 0 aliphatic carbocycles. The number of hydrogen-bond donors (Lipinski definition) is 3. The summed E-state index contributed by atoms with van der Waals surface area (Å²) in [7, 11) is -3.63. The summed E-state index contributed by atoms with van der Waals surface area (Å²) in [6, 6.07) is 5.51. The molecule has 3 aromatic rings. The highest BCUT2D eigenvalue weighted by Gasteiger charge is 2.36. The summed E-state index contributed by atoms with van der Waals surface area (Å²) in [5.41, 5.74) is 1.78. The number of hydrogen-bond acceptors (Lipinski definition) is 9. The van der Waals surface area contributed by atoms with Gasteiger partial charge in [-0.1, -0.05) is 11.6 Å². The molecule has 13 nitrogen and oxygen atoms in total. The smallest absolute Gasteiger partial charge is 0.407 e. The van der Waals surface area contributed by atoms with Crippen molar-refractivity contribution < 1.29 is 27.9 Å². The number of aliphatic hydroxyl groups is 1. The monoisotopic (exact) mass is 661 g/mol. The van der Waals surface area contributed by atoms with E-state index in [0.29, 0.717) is 48.1 Å². The second-order valence-electron chi connectivity index (χ2n) is 12.8. The van der Waals surface area contributed by atoms with E-state index in [1.807, 2.05) is 24.1 Å². The molecule has 0 radical (unpaired) electrons. The number of likely N-dealkylation sites (tertiary alicyclic amines) is 1. The van der Waals surface area contributed by atoms with Gasteiger partial charge in [0, 0.05) is 35.9 Å². The summed E-state index contributed by atoms with van der Waals surface area (Å²) in [5.74, 6) is 0.329. The van der Waals surface area contributed by atoms with Gasteiger partial charge in [-0.05, 0) is 71.6 Å². The van der Waals surface area contributed by atoms with Gasteiger partial charge in [0.2, 0.25) is 10.0 Å². The van der Waals surface area contributed by atoms with Crippen LogP contribution in [-0.4, -0.2) is 88.7 Å². The number of benzene rings is 1. The van der Waals surface area contributed by atoms with Crippen molar-refractivity contribution in [3.8, 4) is 0 Å². The zero-order valence-corrected chi connectivity index (χ0v) is 27.7. The Morgan fingerprint density at radius 1 is 1.20 bits per heavy atom. The zero-order valence-electron chi connectivity index (χ0n) is 26.1. The topological polar surface area (TPSA) is 158 Å². The lowest BCUT2D eigenvalue weighted by Gasteiger charge is -2.35. The first-order chi connectivity index (χ1) is 21.1. The van der Waals surface area contributed by atoms with Crippen LogP contribution in [0.4, 0.5) is 16.3 Å². The van der Waals surface area contributed by atoms with E-state index in [1.54, 1.807) is 30.2 Å². The van der Waals surface area contributed by atoms with Gasteiger partial charge in [0.1, 0.15) is 11.4 Å². The summed E-state index contributed by atoms with van der Waals surface area (Å²) >= 11 is 6.22. The normalized spacial score (nSPS) is 20.8. The highest BCUT2D eigenvalue weighted by Crippen LogP contribution is 2.35. The number of nitrogens with zero attached hydrogens (tertiary/aromatic N) is 5. The van der Waals surface area contributed by atoms with Gasteiger partial charge in [-0.15, -0.1) is 0 Å². The van der Waals surface area contributed by atoms with E-state index in [2.05, 4.69) is 10.0 Å². The first-order valence-corrected chi connectivity index (χ1v) is 17.2. The second-order valence-corrected chi connectivity index (χ2v) is 14.9. The molecule has 1 unspecified atom stereocenters. The molecule has 1 aromatic carbocycles. The van der Waals surface area contributed by atoms with Gasteiger partial charge in [0.25, 0.3) is 5.91 Å². The molecule has 45 heavy (non-hydrogen) atoms. The third-order valence-electron chi connectivity index (χ3n) is 7.85. The van der Waals surface area contributed by atoms with Crippen LogP contribution in [0, 0.1) is 6.92 Å². The molecule has 3 atom stereocenters. The minimum atomic E-state index is -3.63.